The number of hydrogen-bond acceptors (Lipinski definition) is 3. The van der Waals surface area contributed by atoms with Crippen molar-refractivity contribution in [3.63, 3.8) is 0 Å². The number of rotatable bonds is 9. The lowest BCUT2D eigenvalue weighted by Gasteiger charge is -2.26. The molecule has 3 rings (SSSR count). The highest BCUT2D eigenvalue weighted by molar-refractivity contribution is 5.27. The first-order chi connectivity index (χ1) is 13.6. The van der Waals surface area contributed by atoms with E-state index in [1.54, 1.807) is 19.2 Å². The van der Waals surface area contributed by atoms with Crippen molar-refractivity contribution in [1.82, 2.24) is 4.90 Å². The van der Waals surface area contributed by atoms with Crippen LogP contribution >= 0.6 is 0 Å². The fourth-order valence-electron chi connectivity index (χ4n) is 3.29. The molecule has 0 saturated carbocycles. The topological polar surface area (TPSA) is 32.7 Å². The van der Waals surface area contributed by atoms with E-state index in [0.29, 0.717) is 31.6 Å². The quantitative estimate of drug-likeness (QED) is 0.597. The summed E-state index contributed by atoms with van der Waals surface area (Å²) in [4.78, 5) is 2.08. The zero-order valence-corrected chi connectivity index (χ0v) is 16.1. The monoisotopic (exact) mass is 379 g/mol. The second-order valence-corrected chi connectivity index (χ2v) is 6.95. The van der Waals surface area contributed by atoms with Gasteiger partial charge in [0.1, 0.15) is 11.6 Å². The Morgan fingerprint density at radius 3 is 2.21 bits per heavy atom. The van der Waals surface area contributed by atoms with E-state index in [1.807, 2.05) is 60.7 Å². The Hall–Kier alpha value is -2.69. The summed E-state index contributed by atoms with van der Waals surface area (Å²) >= 11 is 0. The SMILES string of the molecule is COc1ccc(CN(Cc2ccccc2F)C[C@H](O)Cc2ccccc2)cc1. The molecule has 1 atom stereocenters. The van der Waals surface area contributed by atoms with E-state index in [2.05, 4.69) is 4.90 Å². The first-order valence-corrected chi connectivity index (χ1v) is 9.44. The van der Waals surface area contributed by atoms with E-state index in [4.69, 9.17) is 4.74 Å². The lowest BCUT2D eigenvalue weighted by atomic mass is 10.1. The molecule has 0 aliphatic carbocycles. The molecule has 0 bridgehead atoms. The number of hydrogen-bond donors (Lipinski definition) is 1. The Kier molecular flexibility index (Phi) is 7.18. The maximum absolute atomic E-state index is 14.2. The van der Waals surface area contributed by atoms with Gasteiger partial charge >= 0.3 is 0 Å². The van der Waals surface area contributed by atoms with Crippen LogP contribution in [0.4, 0.5) is 4.39 Å². The lowest BCUT2D eigenvalue weighted by molar-refractivity contribution is 0.104. The van der Waals surface area contributed by atoms with Gasteiger partial charge in [0, 0.05) is 25.2 Å². The maximum atomic E-state index is 14.2. The van der Waals surface area contributed by atoms with Crippen LogP contribution < -0.4 is 4.74 Å². The Morgan fingerprint density at radius 2 is 1.54 bits per heavy atom. The predicted octanol–water partition coefficient (Wildman–Crippen LogP) is 4.44. The molecule has 0 amide bonds. The highest BCUT2D eigenvalue weighted by Gasteiger charge is 2.15. The highest BCUT2D eigenvalue weighted by Crippen LogP contribution is 2.17. The van der Waals surface area contributed by atoms with Crippen molar-refractivity contribution in [2.45, 2.75) is 25.6 Å². The average Bonchev–Trinajstić information content (AvgIpc) is 2.71. The van der Waals surface area contributed by atoms with Crippen LogP contribution in [0.1, 0.15) is 16.7 Å². The molecular formula is C24H26FNO2. The second-order valence-electron chi connectivity index (χ2n) is 6.95. The number of aliphatic hydroxyl groups is 1. The summed E-state index contributed by atoms with van der Waals surface area (Å²) in [6.45, 7) is 1.50. The van der Waals surface area contributed by atoms with Gasteiger partial charge in [0.25, 0.3) is 0 Å². The fourth-order valence-corrected chi connectivity index (χ4v) is 3.29. The molecule has 1 N–H and O–H groups in total. The first kappa shape index (κ1) is 20.1. The van der Waals surface area contributed by atoms with Gasteiger partial charge < -0.3 is 9.84 Å². The fraction of sp³-hybridized carbons (Fsp3) is 0.250. The molecule has 3 aromatic rings. The Morgan fingerprint density at radius 1 is 0.857 bits per heavy atom. The summed E-state index contributed by atoms with van der Waals surface area (Å²) < 4.78 is 19.4. The summed E-state index contributed by atoms with van der Waals surface area (Å²) in [6.07, 6.45) is 0.0319. The smallest absolute Gasteiger partial charge is 0.127 e. The van der Waals surface area contributed by atoms with Crippen LogP contribution in [-0.2, 0) is 19.5 Å². The Bertz CT molecular complexity index is 852. The van der Waals surface area contributed by atoms with E-state index >= 15 is 0 Å². The zero-order valence-electron chi connectivity index (χ0n) is 16.1. The molecule has 0 aliphatic rings. The first-order valence-electron chi connectivity index (χ1n) is 9.44. The molecule has 146 valence electrons. The van der Waals surface area contributed by atoms with Crippen molar-refractivity contribution in [3.8, 4) is 5.75 Å². The van der Waals surface area contributed by atoms with E-state index in [0.717, 1.165) is 16.9 Å². The normalized spacial score (nSPS) is 12.1. The van der Waals surface area contributed by atoms with Crippen LogP contribution in [0.5, 0.6) is 5.75 Å². The molecule has 4 heteroatoms. The summed E-state index contributed by atoms with van der Waals surface area (Å²) in [6, 6.07) is 24.5. The van der Waals surface area contributed by atoms with Gasteiger partial charge in [-0.3, -0.25) is 4.90 Å². The summed E-state index contributed by atoms with van der Waals surface area (Å²) in [5, 5.41) is 10.6. The van der Waals surface area contributed by atoms with Gasteiger partial charge in [-0.15, -0.1) is 0 Å². The van der Waals surface area contributed by atoms with E-state index in [9.17, 15) is 9.50 Å². The molecule has 0 aromatic heterocycles. The molecule has 0 aliphatic heterocycles. The van der Waals surface area contributed by atoms with Crippen molar-refractivity contribution >= 4 is 0 Å². The standard InChI is InChI=1S/C24H26FNO2/c1-28-23-13-11-20(12-14-23)16-26(17-21-9-5-6-10-24(21)25)18-22(27)15-19-7-3-2-4-8-19/h2-14,22,27H,15-18H2,1H3/t22-/m1/s1. The molecule has 3 aromatic carbocycles. The number of methoxy groups -OCH3 is 1. The van der Waals surface area contributed by atoms with Crippen molar-refractivity contribution in [1.29, 1.82) is 0 Å². The molecule has 0 heterocycles. The average molecular weight is 379 g/mol. The van der Waals surface area contributed by atoms with E-state index in [-0.39, 0.29) is 5.82 Å². The number of benzene rings is 3. The molecule has 0 saturated heterocycles. The highest BCUT2D eigenvalue weighted by atomic mass is 19.1. The van der Waals surface area contributed by atoms with Crippen LogP contribution in [-0.4, -0.2) is 29.8 Å². The van der Waals surface area contributed by atoms with Crippen molar-refractivity contribution < 1.29 is 14.2 Å². The van der Waals surface area contributed by atoms with Crippen LogP contribution in [0.15, 0.2) is 78.9 Å². The summed E-state index contributed by atoms with van der Waals surface area (Å²) in [5.74, 6) is 0.577. The molecule has 0 fully saturated rings. The van der Waals surface area contributed by atoms with Crippen LogP contribution in [0.2, 0.25) is 0 Å². The van der Waals surface area contributed by atoms with Crippen molar-refractivity contribution in [2.24, 2.45) is 0 Å². The Balaban J connectivity index is 1.72. The third-order valence-electron chi connectivity index (χ3n) is 4.70. The molecule has 0 radical (unpaired) electrons. The summed E-state index contributed by atoms with van der Waals surface area (Å²) in [5.41, 5.74) is 2.80. The minimum atomic E-state index is -0.535. The minimum absolute atomic E-state index is 0.222. The predicted molar refractivity (Wildman–Crippen MR) is 110 cm³/mol. The van der Waals surface area contributed by atoms with Crippen LogP contribution in [0.3, 0.4) is 0 Å². The van der Waals surface area contributed by atoms with Gasteiger partial charge in [-0.2, -0.15) is 0 Å². The minimum Gasteiger partial charge on any atom is -0.497 e. The van der Waals surface area contributed by atoms with Gasteiger partial charge in [0.2, 0.25) is 0 Å². The molecule has 0 spiro atoms. The molecular weight excluding hydrogens is 353 g/mol. The third-order valence-corrected chi connectivity index (χ3v) is 4.70. The summed E-state index contributed by atoms with van der Waals surface area (Å²) in [7, 11) is 1.64. The number of halogens is 1. The van der Waals surface area contributed by atoms with Crippen LogP contribution in [0.25, 0.3) is 0 Å². The maximum Gasteiger partial charge on any atom is 0.127 e. The molecule has 28 heavy (non-hydrogen) atoms. The van der Waals surface area contributed by atoms with Crippen molar-refractivity contribution in [2.75, 3.05) is 13.7 Å². The van der Waals surface area contributed by atoms with E-state index < -0.39 is 6.10 Å². The van der Waals surface area contributed by atoms with Gasteiger partial charge in [-0.05, 0) is 35.7 Å². The molecule has 0 unspecified atom stereocenters. The number of nitrogens with zero attached hydrogens (tertiary/aromatic N) is 1. The van der Waals surface area contributed by atoms with E-state index in [1.165, 1.54) is 6.07 Å². The number of aliphatic hydroxyl groups excluding tert-OH is 1. The van der Waals surface area contributed by atoms with Gasteiger partial charge in [-0.1, -0.05) is 60.7 Å². The largest absolute Gasteiger partial charge is 0.497 e. The van der Waals surface area contributed by atoms with Crippen molar-refractivity contribution in [3.05, 3.63) is 101 Å². The lowest BCUT2D eigenvalue weighted by Crippen LogP contribution is -2.33. The van der Waals surface area contributed by atoms with Gasteiger partial charge in [-0.25, -0.2) is 4.39 Å². The molecule has 3 nitrogen and oxygen atoms in total. The van der Waals surface area contributed by atoms with Crippen LogP contribution in [0, 0.1) is 5.82 Å². The Labute approximate surface area is 166 Å². The van der Waals surface area contributed by atoms with Gasteiger partial charge in [0.05, 0.1) is 13.2 Å². The zero-order chi connectivity index (χ0) is 19.8. The third kappa shape index (κ3) is 5.91. The number of ether oxygens (including phenoxy) is 1. The second kappa shape index (κ2) is 10.0. The van der Waals surface area contributed by atoms with Gasteiger partial charge in [0.15, 0.2) is 0 Å².